The second-order valence-corrected chi connectivity index (χ2v) is 6.39. The molecule has 1 aromatic carbocycles. The highest BCUT2D eigenvalue weighted by Crippen LogP contribution is 2.24. The van der Waals surface area contributed by atoms with Gasteiger partial charge < -0.3 is 5.32 Å². The minimum absolute atomic E-state index is 0. The lowest BCUT2D eigenvalue weighted by molar-refractivity contribution is 0.164. The van der Waals surface area contributed by atoms with Gasteiger partial charge >= 0.3 is 0 Å². The number of aromatic nitrogens is 1. The number of nitrogens with zero attached hydrogens (tertiary/aromatic N) is 2. The van der Waals surface area contributed by atoms with Crippen LogP contribution in [0.2, 0.25) is 0 Å². The normalized spacial score (nSPS) is 19.2. The monoisotopic (exact) mass is 323 g/mol. The molecule has 3 nitrogen and oxygen atoms in total. The Bertz CT molecular complexity index is 567. The molecule has 1 saturated heterocycles. The van der Waals surface area contributed by atoms with Crippen molar-refractivity contribution in [3.8, 4) is 10.6 Å². The summed E-state index contributed by atoms with van der Waals surface area (Å²) in [5.74, 6) is 0. The predicted molar refractivity (Wildman–Crippen MR) is 92.3 cm³/mol. The van der Waals surface area contributed by atoms with E-state index in [1.54, 1.807) is 11.3 Å². The Morgan fingerprint density at radius 2 is 2.10 bits per heavy atom. The first-order valence-electron chi connectivity index (χ1n) is 7.18. The van der Waals surface area contributed by atoms with Crippen molar-refractivity contribution in [1.82, 2.24) is 15.2 Å². The Balaban J connectivity index is 0.00000161. The second-order valence-electron chi connectivity index (χ2n) is 5.53. The highest BCUT2D eigenvalue weighted by molar-refractivity contribution is 7.13. The Morgan fingerprint density at radius 1 is 1.33 bits per heavy atom. The van der Waals surface area contributed by atoms with E-state index in [0.29, 0.717) is 6.04 Å². The Kier molecular flexibility index (Phi) is 5.76. The topological polar surface area (TPSA) is 28.2 Å². The van der Waals surface area contributed by atoms with E-state index in [2.05, 4.69) is 53.7 Å². The summed E-state index contributed by atoms with van der Waals surface area (Å²) < 4.78 is 0. The minimum atomic E-state index is 0. The number of halogens is 1. The van der Waals surface area contributed by atoms with Gasteiger partial charge in [0.2, 0.25) is 0 Å². The lowest BCUT2D eigenvalue weighted by atomic mass is 10.2. The van der Waals surface area contributed by atoms with Crippen LogP contribution in [-0.4, -0.2) is 35.6 Å². The summed E-state index contributed by atoms with van der Waals surface area (Å²) in [5.41, 5.74) is 3.71. The van der Waals surface area contributed by atoms with Crippen molar-refractivity contribution in [2.24, 2.45) is 0 Å². The largest absolute Gasteiger partial charge is 0.314 e. The van der Waals surface area contributed by atoms with Gasteiger partial charge in [-0.15, -0.1) is 23.7 Å². The van der Waals surface area contributed by atoms with Crippen LogP contribution in [0.1, 0.15) is 18.2 Å². The number of nitrogens with one attached hydrogen (secondary N) is 1. The zero-order valence-corrected chi connectivity index (χ0v) is 14.1. The van der Waals surface area contributed by atoms with Crippen LogP contribution in [0.5, 0.6) is 0 Å². The summed E-state index contributed by atoms with van der Waals surface area (Å²) in [7, 11) is 0. The summed E-state index contributed by atoms with van der Waals surface area (Å²) in [6.07, 6.45) is 0. The van der Waals surface area contributed by atoms with Crippen molar-refractivity contribution >= 4 is 23.7 Å². The van der Waals surface area contributed by atoms with Gasteiger partial charge in [-0.05, 0) is 13.8 Å². The molecule has 5 heteroatoms. The summed E-state index contributed by atoms with van der Waals surface area (Å²) in [4.78, 5) is 7.30. The summed E-state index contributed by atoms with van der Waals surface area (Å²) in [6, 6.07) is 9.20. The molecule has 0 spiro atoms. The Hall–Kier alpha value is -0.940. The quantitative estimate of drug-likeness (QED) is 0.939. The molecular weight excluding hydrogens is 302 g/mol. The van der Waals surface area contributed by atoms with E-state index >= 15 is 0 Å². The Morgan fingerprint density at radius 3 is 2.81 bits per heavy atom. The molecule has 0 amide bonds. The molecule has 3 rings (SSSR count). The standard InChI is InChI=1S/C16H21N3S.ClH/c1-12-3-5-14(6-4-12)16-18-15(11-20-16)10-19-8-7-17-9-13(19)2;/h3-6,11,13,17H,7-10H2,1-2H3;1H/t13-;/m0./s1. The van der Waals surface area contributed by atoms with Crippen molar-refractivity contribution in [2.45, 2.75) is 26.4 Å². The molecule has 1 aliphatic rings. The van der Waals surface area contributed by atoms with Crippen molar-refractivity contribution in [1.29, 1.82) is 0 Å². The van der Waals surface area contributed by atoms with Gasteiger partial charge in [-0.3, -0.25) is 4.90 Å². The lowest BCUT2D eigenvalue weighted by Crippen LogP contribution is -2.49. The minimum Gasteiger partial charge on any atom is -0.314 e. The van der Waals surface area contributed by atoms with E-state index < -0.39 is 0 Å². The third-order valence-electron chi connectivity index (χ3n) is 3.85. The van der Waals surface area contributed by atoms with E-state index in [4.69, 9.17) is 4.98 Å². The number of hydrogen-bond donors (Lipinski definition) is 1. The van der Waals surface area contributed by atoms with E-state index in [1.165, 1.54) is 16.8 Å². The summed E-state index contributed by atoms with van der Waals surface area (Å²) in [5, 5.41) is 6.75. The van der Waals surface area contributed by atoms with Crippen molar-refractivity contribution in [2.75, 3.05) is 19.6 Å². The van der Waals surface area contributed by atoms with E-state index in [1.807, 2.05) is 0 Å². The van der Waals surface area contributed by atoms with Crippen molar-refractivity contribution in [3.63, 3.8) is 0 Å². The van der Waals surface area contributed by atoms with E-state index in [9.17, 15) is 0 Å². The molecule has 1 aliphatic heterocycles. The molecule has 1 atom stereocenters. The number of thiazole rings is 1. The maximum atomic E-state index is 4.80. The lowest BCUT2D eigenvalue weighted by Gasteiger charge is -2.33. The third-order valence-corrected chi connectivity index (χ3v) is 4.79. The van der Waals surface area contributed by atoms with Crippen LogP contribution in [0.4, 0.5) is 0 Å². The van der Waals surface area contributed by atoms with Gasteiger partial charge in [0.15, 0.2) is 0 Å². The average Bonchev–Trinajstić information content (AvgIpc) is 2.91. The first-order chi connectivity index (χ1) is 9.72. The zero-order chi connectivity index (χ0) is 13.9. The smallest absolute Gasteiger partial charge is 0.123 e. The van der Waals surface area contributed by atoms with E-state index in [0.717, 1.165) is 31.2 Å². The van der Waals surface area contributed by atoms with Crippen LogP contribution in [0, 0.1) is 6.92 Å². The maximum absolute atomic E-state index is 4.80. The average molecular weight is 324 g/mol. The van der Waals surface area contributed by atoms with Crippen LogP contribution in [0.15, 0.2) is 29.6 Å². The van der Waals surface area contributed by atoms with Gasteiger partial charge in [-0.25, -0.2) is 4.98 Å². The summed E-state index contributed by atoms with van der Waals surface area (Å²) in [6.45, 7) is 8.63. The van der Waals surface area contributed by atoms with Gasteiger partial charge in [0, 0.05) is 43.2 Å². The fourth-order valence-corrected chi connectivity index (χ4v) is 3.35. The zero-order valence-electron chi connectivity index (χ0n) is 12.5. The first-order valence-corrected chi connectivity index (χ1v) is 8.06. The molecule has 0 saturated carbocycles. The van der Waals surface area contributed by atoms with Gasteiger partial charge in [-0.1, -0.05) is 29.8 Å². The number of piperazine rings is 1. The summed E-state index contributed by atoms with van der Waals surface area (Å²) >= 11 is 1.74. The number of rotatable bonds is 3. The van der Waals surface area contributed by atoms with Gasteiger partial charge in [0.1, 0.15) is 5.01 Å². The highest BCUT2D eigenvalue weighted by Gasteiger charge is 2.18. The second kappa shape index (κ2) is 7.36. The molecule has 0 aliphatic carbocycles. The molecule has 1 aromatic heterocycles. The van der Waals surface area contributed by atoms with E-state index in [-0.39, 0.29) is 12.4 Å². The van der Waals surface area contributed by atoms with Crippen LogP contribution < -0.4 is 5.32 Å². The maximum Gasteiger partial charge on any atom is 0.123 e. The van der Waals surface area contributed by atoms with Gasteiger partial charge in [0.05, 0.1) is 5.69 Å². The Labute approximate surface area is 136 Å². The fraction of sp³-hybridized carbons (Fsp3) is 0.438. The van der Waals surface area contributed by atoms with Gasteiger partial charge in [0.25, 0.3) is 0 Å². The molecule has 0 radical (unpaired) electrons. The van der Waals surface area contributed by atoms with Crippen molar-refractivity contribution in [3.05, 3.63) is 40.9 Å². The molecule has 2 aromatic rings. The van der Waals surface area contributed by atoms with Crippen LogP contribution in [0.25, 0.3) is 10.6 Å². The molecule has 21 heavy (non-hydrogen) atoms. The molecular formula is C16H22ClN3S. The molecule has 2 heterocycles. The van der Waals surface area contributed by atoms with Gasteiger partial charge in [-0.2, -0.15) is 0 Å². The number of benzene rings is 1. The molecule has 1 fully saturated rings. The molecule has 114 valence electrons. The molecule has 0 unspecified atom stereocenters. The number of aryl methyl sites for hydroxylation is 1. The first kappa shape index (κ1) is 16.4. The predicted octanol–water partition coefficient (Wildman–Crippen LogP) is 3.33. The van der Waals surface area contributed by atoms with Crippen LogP contribution in [-0.2, 0) is 6.54 Å². The van der Waals surface area contributed by atoms with Crippen LogP contribution >= 0.6 is 23.7 Å². The fourth-order valence-electron chi connectivity index (χ4n) is 2.53. The SMILES string of the molecule is Cc1ccc(-c2nc(CN3CCNC[C@@H]3C)cs2)cc1.Cl. The van der Waals surface area contributed by atoms with Crippen molar-refractivity contribution < 1.29 is 0 Å². The number of hydrogen-bond acceptors (Lipinski definition) is 4. The molecule has 1 N–H and O–H groups in total. The van der Waals surface area contributed by atoms with Crippen LogP contribution in [0.3, 0.4) is 0 Å². The highest BCUT2D eigenvalue weighted by atomic mass is 35.5. The third kappa shape index (κ3) is 4.04. The molecule has 0 bridgehead atoms.